The summed E-state index contributed by atoms with van der Waals surface area (Å²) in [7, 11) is -2.72. The number of sulfonamides is 1. The number of nitrogens with two attached hydrogens (primary N) is 1. The summed E-state index contributed by atoms with van der Waals surface area (Å²) in [5.74, 6) is 0.367. The largest absolute Gasteiger partial charge is 0.497 e. The van der Waals surface area contributed by atoms with Crippen LogP contribution in [0.4, 0.5) is 0 Å². The van der Waals surface area contributed by atoms with Crippen molar-refractivity contribution < 1.29 is 22.7 Å². The molecule has 2 aromatic rings. The van der Waals surface area contributed by atoms with Gasteiger partial charge >= 0.3 is 0 Å². The number of fused-ring (bicyclic) bond motifs is 1. The lowest BCUT2D eigenvalue weighted by Crippen LogP contribution is -2.29. The molecular formula is C18H19NO5S. The first-order valence-corrected chi connectivity index (χ1v) is 9.40. The first-order valence-electron chi connectivity index (χ1n) is 7.79. The zero-order chi connectivity index (χ0) is 18.2. The summed E-state index contributed by atoms with van der Waals surface area (Å²) in [6.07, 6.45) is 0.386. The number of methoxy groups -OCH3 is 1. The average Bonchev–Trinajstić information content (AvgIpc) is 2.94. The Morgan fingerprint density at radius 1 is 1.28 bits per heavy atom. The molecule has 2 atom stereocenters. The Kier molecular flexibility index (Phi) is 4.53. The van der Waals surface area contributed by atoms with E-state index in [2.05, 4.69) is 0 Å². The van der Waals surface area contributed by atoms with Gasteiger partial charge in [0, 0.05) is 23.6 Å². The number of hydrogen-bond acceptors (Lipinski definition) is 5. The average molecular weight is 361 g/mol. The minimum atomic E-state index is -4.19. The molecule has 7 heteroatoms. The number of carbonyl (C=O) groups excluding carboxylic acids is 1. The van der Waals surface area contributed by atoms with E-state index in [0.29, 0.717) is 29.0 Å². The maximum atomic E-state index is 12.9. The number of primary sulfonamides is 1. The van der Waals surface area contributed by atoms with E-state index < -0.39 is 21.1 Å². The molecule has 132 valence electrons. The number of ketones is 1. The van der Waals surface area contributed by atoms with Crippen molar-refractivity contribution in [3.63, 3.8) is 0 Å². The molecule has 0 bridgehead atoms. The molecule has 0 radical (unpaired) electrons. The van der Waals surface area contributed by atoms with E-state index in [9.17, 15) is 13.2 Å². The highest BCUT2D eigenvalue weighted by molar-refractivity contribution is 7.90. The van der Waals surface area contributed by atoms with Gasteiger partial charge in [-0.2, -0.15) is 0 Å². The summed E-state index contributed by atoms with van der Waals surface area (Å²) in [6, 6.07) is 11.5. The van der Waals surface area contributed by atoms with Gasteiger partial charge in [-0.3, -0.25) is 4.79 Å². The fourth-order valence-electron chi connectivity index (χ4n) is 3.08. The number of hydrogen-bond donors (Lipinski definition) is 1. The zero-order valence-corrected chi connectivity index (χ0v) is 14.7. The molecule has 0 aliphatic carbocycles. The third kappa shape index (κ3) is 3.38. The molecule has 1 aliphatic heterocycles. The molecular weight excluding hydrogens is 342 g/mol. The molecule has 1 aliphatic rings. The van der Waals surface area contributed by atoms with E-state index >= 15 is 0 Å². The van der Waals surface area contributed by atoms with Crippen LogP contribution < -0.4 is 14.6 Å². The van der Waals surface area contributed by atoms with Crippen LogP contribution in [-0.4, -0.2) is 27.4 Å². The van der Waals surface area contributed by atoms with Crippen LogP contribution in [0.1, 0.15) is 33.7 Å². The monoisotopic (exact) mass is 361 g/mol. The molecule has 2 N–H and O–H groups in total. The van der Waals surface area contributed by atoms with Gasteiger partial charge in [0.2, 0.25) is 10.0 Å². The summed E-state index contributed by atoms with van der Waals surface area (Å²) >= 11 is 0. The van der Waals surface area contributed by atoms with Crippen LogP contribution >= 0.6 is 0 Å². The standard InChI is InChI=1S/C18H19NO5S/c1-11-8-14-15(9-13(23-2)10-16(14)24-11)18(25(19,21)22)17(20)12-6-4-3-5-7-12/h3-7,9-11,18H,8H2,1-2H3,(H2,19,21,22). The smallest absolute Gasteiger partial charge is 0.223 e. The van der Waals surface area contributed by atoms with Crippen LogP contribution in [0, 0.1) is 0 Å². The second-order valence-corrected chi connectivity index (χ2v) is 7.67. The Hall–Kier alpha value is -2.38. The fourth-order valence-corrected chi connectivity index (χ4v) is 4.08. The van der Waals surface area contributed by atoms with Crippen LogP contribution in [0.2, 0.25) is 0 Å². The Morgan fingerprint density at radius 2 is 1.96 bits per heavy atom. The maximum Gasteiger partial charge on any atom is 0.223 e. The van der Waals surface area contributed by atoms with Gasteiger partial charge in [-0.05, 0) is 18.6 Å². The van der Waals surface area contributed by atoms with Gasteiger partial charge in [0.25, 0.3) is 0 Å². The molecule has 2 unspecified atom stereocenters. The normalized spacial score (nSPS) is 17.5. The molecule has 0 fully saturated rings. The van der Waals surface area contributed by atoms with Crippen molar-refractivity contribution >= 4 is 15.8 Å². The molecule has 2 aromatic carbocycles. The Bertz CT molecular complexity index is 909. The Labute approximate surface area is 146 Å². The molecule has 25 heavy (non-hydrogen) atoms. The number of carbonyl (C=O) groups is 1. The highest BCUT2D eigenvalue weighted by atomic mass is 32.2. The molecule has 3 rings (SSSR count). The van der Waals surface area contributed by atoms with Gasteiger partial charge in [-0.1, -0.05) is 30.3 Å². The summed E-state index contributed by atoms with van der Waals surface area (Å²) in [4.78, 5) is 12.9. The van der Waals surface area contributed by atoms with Crippen molar-refractivity contribution in [2.45, 2.75) is 24.7 Å². The van der Waals surface area contributed by atoms with Crippen molar-refractivity contribution in [2.75, 3.05) is 7.11 Å². The number of benzene rings is 2. The molecule has 6 nitrogen and oxygen atoms in total. The lowest BCUT2D eigenvalue weighted by Gasteiger charge is -2.18. The van der Waals surface area contributed by atoms with Crippen LogP contribution in [0.5, 0.6) is 11.5 Å². The minimum Gasteiger partial charge on any atom is -0.497 e. The minimum absolute atomic E-state index is 0.117. The molecule has 0 amide bonds. The highest BCUT2D eigenvalue weighted by Crippen LogP contribution is 2.40. The first-order chi connectivity index (χ1) is 11.8. The van der Waals surface area contributed by atoms with Crippen LogP contribution in [-0.2, 0) is 16.4 Å². The predicted molar refractivity (Wildman–Crippen MR) is 93.4 cm³/mol. The summed E-state index contributed by atoms with van der Waals surface area (Å²) in [5, 5.41) is 3.93. The van der Waals surface area contributed by atoms with Crippen LogP contribution in [0.15, 0.2) is 42.5 Å². The van der Waals surface area contributed by atoms with E-state index in [0.717, 1.165) is 0 Å². The summed E-state index contributed by atoms with van der Waals surface area (Å²) in [5.41, 5.74) is 1.27. The van der Waals surface area contributed by atoms with E-state index in [1.807, 2.05) is 6.92 Å². The van der Waals surface area contributed by atoms with Crippen molar-refractivity contribution in [3.8, 4) is 11.5 Å². The number of ether oxygens (including phenoxy) is 2. The van der Waals surface area contributed by atoms with Crippen LogP contribution in [0.3, 0.4) is 0 Å². The van der Waals surface area contributed by atoms with Crippen molar-refractivity contribution in [1.82, 2.24) is 0 Å². The maximum absolute atomic E-state index is 12.9. The predicted octanol–water partition coefficient (Wildman–Crippen LogP) is 2.23. The lowest BCUT2D eigenvalue weighted by molar-refractivity contribution is 0.0986. The van der Waals surface area contributed by atoms with Gasteiger partial charge in [0.05, 0.1) is 7.11 Å². The third-order valence-electron chi connectivity index (χ3n) is 4.18. The van der Waals surface area contributed by atoms with E-state index in [1.54, 1.807) is 42.5 Å². The molecule has 1 heterocycles. The van der Waals surface area contributed by atoms with E-state index in [4.69, 9.17) is 14.6 Å². The van der Waals surface area contributed by atoms with Gasteiger partial charge in [0.15, 0.2) is 11.0 Å². The van der Waals surface area contributed by atoms with Crippen LogP contribution in [0.25, 0.3) is 0 Å². The number of Topliss-reactive ketones (excluding diaryl/α,β-unsaturated/α-hetero) is 1. The Balaban J connectivity index is 2.19. The summed E-state index contributed by atoms with van der Waals surface area (Å²) < 4.78 is 35.6. The van der Waals surface area contributed by atoms with Gasteiger partial charge in [-0.25, -0.2) is 13.6 Å². The van der Waals surface area contributed by atoms with E-state index in [1.165, 1.54) is 7.11 Å². The second kappa shape index (κ2) is 6.50. The first kappa shape index (κ1) is 17.4. The zero-order valence-electron chi connectivity index (χ0n) is 13.9. The quantitative estimate of drug-likeness (QED) is 0.824. The van der Waals surface area contributed by atoms with Crippen molar-refractivity contribution in [1.29, 1.82) is 0 Å². The SMILES string of the molecule is COc1cc2c(c(C(C(=O)c3ccccc3)S(N)(=O)=O)c1)CC(C)O2. The number of rotatable bonds is 5. The Morgan fingerprint density at radius 3 is 2.56 bits per heavy atom. The molecule has 0 spiro atoms. The highest BCUT2D eigenvalue weighted by Gasteiger charge is 2.37. The second-order valence-electron chi connectivity index (χ2n) is 6.03. The molecule has 0 saturated carbocycles. The van der Waals surface area contributed by atoms with Gasteiger partial charge < -0.3 is 9.47 Å². The fraction of sp³-hybridized carbons (Fsp3) is 0.278. The van der Waals surface area contributed by atoms with E-state index in [-0.39, 0.29) is 11.7 Å². The van der Waals surface area contributed by atoms with Crippen molar-refractivity contribution in [3.05, 3.63) is 59.2 Å². The summed E-state index contributed by atoms with van der Waals surface area (Å²) in [6.45, 7) is 1.88. The van der Waals surface area contributed by atoms with Gasteiger partial charge in [-0.15, -0.1) is 0 Å². The lowest BCUT2D eigenvalue weighted by atomic mass is 9.95. The third-order valence-corrected chi connectivity index (χ3v) is 5.30. The molecule has 0 saturated heterocycles. The van der Waals surface area contributed by atoms with Gasteiger partial charge in [0.1, 0.15) is 17.6 Å². The topological polar surface area (TPSA) is 95.7 Å². The van der Waals surface area contributed by atoms with Crippen molar-refractivity contribution in [2.24, 2.45) is 5.14 Å². The molecule has 0 aromatic heterocycles.